The predicted octanol–water partition coefficient (Wildman–Crippen LogP) is 4.66. The van der Waals surface area contributed by atoms with Crippen molar-refractivity contribution in [2.75, 3.05) is 13.1 Å². The number of piperidine rings is 1. The summed E-state index contributed by atoms with van der Waals surface area (Å²) in [6.45, 7) is 1.44. The van der Waals surface area contributed by atoms with E-state index in [9.17, 15) is 4.79 Å². The number of amides is 1. The van der Waals surface area contributed by atoms with Crippen LogP contribution in [0.2, 0.25) is 10.0 Å². The van der Waals surface area contributed by atoms with Gasteiger partial charge in [-0.3, -0.25) is 4.79 Å². The molecule has 0 spiro atoms. The number of thiazole rings is 1. The number of hydrogen-bond acceptors (Lipinski definition) is 4. The standard InChI is InChI=1S/C18H16Cl2N4OS/c19-14-4-3-13(8-15(14)20)24-10-16(22-11-24)18(25)23-6-1-2-12(9-23)17-21-5-7-26-17/h3-5,7-8,10-12H,1-2,6,9H2. The topological polar surface area (TPSA) is 51.0 Å². The summed E-state index contributed by atoms with van der Waals surface area (Å²) in [5.74, 6) is 0.259. The smallest absolute Gasteiger partial charge is 0.274 e. The third kappa shape index (κ3) is 3.49. The molecule has 2 aromatic heterocycles. The van der Waals surface area contributed by atoms with Gasteiger partial charge in [-0.1, -0.05) is 23.2 Å². The largest absolute Gasteiger partial charge is 0.337 e. The van der Waals surface area contributed by atoms with Crippen LogP contribution in [0, 0.1) is 0 Å². The molecule has 1 amide bonds. The first-order chi connectivity index (χ1) is 12.6. The number of hydrogen-bond donors (Lipinski definition) is 0. The second kappa shape index (κ2) is 7.39. The predicted molar refractivity (Wildman–Crippen MR) is 104 cm³/mol. The van der Waals surface area contributed by atoms with Crippen LogP contribution < -0.4 is 0 Å². The van der Waals surface area contributed by atoms with Gasteiger partial charge in [0.05, 0.1) is 15.1 Å². The molecule has 8 heteroatoms. The summed E-state index contributed by atoms with van der Waals surface area (Å²) >= 11 is 13.7. The number of halogens is 2. The summed E-state index contributed by atoms with van der Waals surface area (Å²) in [6.07, 6.45) is 7.21. The summed E-state index contributed by atoms with van der Waals surface area (Å²) in [5.41, 5.74) is 1.24. The molecule has 1 fully saturated rings. The second-order valence-electron chi connectivity index (χ2n) is 6.23. The Morgan fingerprint density at radius 3 is 2.88 bits per heavy atom. The number of likely N-dealkylation sites (tertiary alicyclic amines) is 1. The van der Waals surface area contributed by atoms with E-state index in [0.29, 0.717) is 28.2 Å². The molecular formula is C18H16Cl2N4OS. The number of carbonyl (C=O) groups excluding carboxylic acids is 1. The molecule has 1 atom stereocenters. The van der Waals surface area contributed by atoms with Crippen LogP contribution in [0.4, 0.5) is 0 Å². The fraction of sp³-hybridized carbons (Fsp3) is 0.278. The highest BCUT2D eigenvalue weighted by molar-refractivity contribution is 7.09. The van der Waals surface area contributed by atoms with Gasteiger partial charge >= 0.3 is 0 Å². The van der Waals surface area contributed by atoms with Gasteiger partial charge in [0, 0.05) is 42.5 Å². The monoisotopic (exact) mass is 406 g/mol. The normalized spacial score (nSPS) is 17.5. The first-order valence-corrected chi connectivity index (χ1v) is 9.93. The Kier molecular flexibility index (Phi) is 4.98. The summed E-state index contributed by atoms with van der Waals surface area (Å²) in [6, 6.07) is 5.31. The van der Waals surface area contributed by atoms with Gasteiger partial charge < -0.3 is 9.47 Å². The molecular weight excluding hydrogens is 391 g/mol. The van der Waals surface area contributed by atoms with Crippen molar-refractivity contribution in [1.29, 1.82) is 0 Å². The van der Waals surface area contributed by atoms with E-state index < -0.39 is 0 Å². The SMILES string of the molecule is O=C(c1cn(-c2ccc(Cl)c(Cl)c2)cn1)N1CCCC(c2nccs2)C1. The average molecular weight is 407 g/mol. The fourth-order valence-electron chi connectivity index (χ4n) is 3.18. The van der Waals surface area contributed by atoms with E-state index in [1.807, 2.05) is 22.5 Å². The highest BCUT2D eigenvalue weighted by atomic mass is 35.5. The van der Waals surface area contributed by atoms with Crippen molar-refractivity contribution in [1.82, 2.24) is 19.4 Å². The number of imidazole rings is 1. The summed E-state index contributed by atoms with van der Waals surface area (Å²) < 4.78 is 1.78. The number of carbonyl (C=O) groups is 1. The molecule has 134 valence electrons. The molecule has 1 unspecified atom stereocenters. The first kappa shape index (κ1) is 17.5. The number of rotatable bonds is 3. The molecule has 0 radical (unpaired) electrons. The van der Waals surface area contributed by atoms with Gasteiger partial charge in [0.15, 0.2) is 0 Å². The van der Waals surface area contributed by atoms with Crippen LogP contribution in [0.1, 0.15) is 34.3 Å². The molecule has 3 aromatic rings. The molecule has 3 heterocycles. The van der Waals surface area contributed by atoms with Crippen LogP contribution in [0.3, 0.4) is 0 Å². The molecule has 5 nitrogen and oxygen atoms in total. The Bertz CT molecular complexity index is 925. The summed E-state index contributed by atoms with van der Waals surface area (Å²) in [5, 5.41) is 4.04. The summed E-state index contributed by atoms with van der Waals surface area (Å²) in [7, 11) is 0. The molecule has 1 aliphatic heterocycles. The highest BCUT2D eigenvalue weighted by Gasteiger charge is 2.27. The quantitative estimate of drug-likeness (QED) is 0.635. The van der Waals surface area contributed by atoms with Gasteiger partial charge in [-0.15, -0.1) is 11.3 Å². The third-order valence-corrected chi connectivity index (χ3v) is 6.19. The Hall–Kier alpha value is -1.89. The van der Waals surface area contributed by atoms with Crippen molar-refractivity contribution in [3.8, 4) is 5.69 Å². The van der Waals surface area contributed by atoms with Crippen molar-refractivity contribution in [3.63, 3.8) is 0 Å². The zero-order chi connectivity index (χ0) is 18.1. The Morgan fingerprint density at radius 1 is 1.23 bits per heavy atom. The molecule has 4 rings (SSSR count). The second-order valence-corrected chi connectivity index (χ2v) is 7.97. The zero-order valence-corrected chi connectivity index (χ0v) is 16.1. The number of nitrogens with zero attached hydrogens (tertiary/aromatic N) is 4. The van der Waals surface area contributed by atoms with E-state index in [4.69, 9.17) is 23.2 Å². The summed E-state index contributed by atoms with van der Waals surface area (Å²) in [4.78, 5) is 23.4. The molecule has 1 saturated heterocycles. The van der Waals surface area contributed by atoms with E-state index in [2.05, 4.69) is 9.97 Å². The molecule has 1 aliphatic rings. The average Bonchev–Trinajstić information content (AvgIpc) is 3.35. The molecule has 0 N–H and O–H groups in total. The molecule has 0 saturated carbocycles. The van der Waals surface area contributed by atoms with Crippen molar-refractivity contribution >= 4 is 40.4 Å². The van der Waals surface area contributed by atoms with Gasteiger partial charge in [0.1, 0.15) is 12.0 Å². The Labute approximate surface area is 165 Å². The lowest BCUT2D eigenvalue weighted by Gasteiger charge is -2.31. The number of aromatic nitrogens is 3. The molecule has 26 heavy (non-hydrogen) atoms. The number of benzene rings is 1. The Morgan fingerprint density at radius 2 is 2.12 bits per heavy atom. The van der Waals surface area contributed by atoms with E-state index >= 15 is 0 Å². The van der Waals surface area contributed by atoms with Crippen LogP contribution in [-0.2, 0) is 0 Å². The van der Waals surface area contributed by atoms with E-state index in [-0.39, 0.29) is 5.91 Å². The zero-order valence-electron chi connectivity index (χ0n) is 13.8. The maximum absolute atomic E-state index is 12.9. The minimum atomic E-state index is -0.0509. The highest BCUT2D eigenvalue weighted by Crippen LogP contribution is 2.29. The molecule has 0 bridgehead atoms. The van der Waals surface area contributed by atoms with Gasteiger partial charge in [-0.05, 0) is 31.0 Å². The minimum Gasteiger partial charge on any atom is -0.337 e. The van der Waals surface area contributed by atoms with Gasteiger partial charge in [-0.25, -0.2) is 9.97 Å². The van der Waals surface area contributed by atoms with E-state index in [1.54, 1.807) is 40.6 Å². The van der Waals surface area contributed by atoms with Crippen molar-refractivity contribution in [2.45, 2.75) is 18.8 Å². The lowest BCUT2D eigenvalue weighted by Crippen LogP contribution is -2.39. The lowest BCUT2D eigenvalue weighted by molar-refractivity contribution is 0.0701. The van der Waals surface area contributed by atoms with Crippen LogP contribution >= 0.6 is 34.5 Å². The maximum atomic E-state index is 12.9. The van der Waals surface area contributed by atoms with Gasteiger partial charge in [0.2, 0.25) is 0 Å². The van der Waals surface area contributed by atoms with Crippen molar-refractivity contribution < 1.29 is 4.79 Å². The van der Waals surface area contributed by atoms with E-state index in [0.717, 1.165) is 30.1 Å². The maximum Gasteiger partial charge on any atom is 0.274 e. The van der Waals surface area contributed by atoms with Gasteiger partial charge in [0.25, 0.3) is 5.91 Å². The fourth-order valence-corrected chi connectivity index (χ4v) is 4.24. The van der Waals surface area contributed by atoms with Crippen molar-refractivity contribution in [2.24, 2.45) is 0 Å². The molecule has 1 aromatic carbocycles. The van der Waals surface area contributed by atoms with Crippen molar-refractivity contribution in [3.05, 3.63) is 63.0 Å². The Balaban J connectivity index is 1.51. The lowest BCUT2D eigenvalue weighted by atomic mass is 9.98. The van der Waals surface area contributed by atoms with Crippen LogP contribution in [-0.4, -0.2) is 38.4 Å². The third-order valence-electron chi connectivity index (χ3n) is 4.51. The first-order valence-electron chi connectivity index (χ1n) is 8.30. The minimum absolute atomic E-state index is 0.0509. The van der Waals surface area contributed by atoms with Crippen LogP contribution in [0.5, 0.6) is 0 Å². The van der Waals surface area contributed by atoms with Crippen LogP contribution in [0.25, 0.3) is 5.69 Å². The molecule has 0 aliphatic carbocycles. The van der Waals surface area contributed by atoms with Crippen LogP contribution in [0.15, 0.2) is 42.3 Å². The van der Waals surface area contributed by atoms with E-state index in [1.165, 1.54) is 0 Å². The van der Waals surface area contributed by atoms with Gasteiger partial charge in [-0.2, -0.15) is 0 Å².